The van der Waals surface area contributed by atoms with E-state index in [1.165, 1.54) is 21.0 Å². The van der Waals surface area contributed by atoms with Crippen LogP contribution in [0.4, 0.5) is 0 Å². The monoisotopic (exact) mass is 289 g/mol. The van der Waals surface area contributed by atoms with Crippen LogP contribution in [0, 0.1) is 0 Å². The smallest absolute Gasteiger partial charge is 0.334 e. The van der Waals surface area contributed by atoms with Crippen LogP contribution in [0.15, 0.2) is 0 Å². The van der Waals surface area contributed by atoms with Crippen molar-refractivity contribution in [2.24, 2.45) is 0 Å². The largest absolute Gasteiger partial charge is 0.467 e. The Kier molecular flexibility index (Phi) is 4.59. The van der Waals surface area contributed by atoms with Crippen LogP contribution in [0.3, 0.4) is 0 Å². The normalized spacial score (nSPS) is 37.3. The quantitative estimate of drug-likeness (QED) is 0.610. The second-order valence-electron chi connectivity index (χ2n) is 4.86. The lowest BCUT2D eigenvalue weighted by Crippen LogP contribution is -2.62. The topological polar surface area (TPSA) is 103 Å². The number of aliphatic hydroxyl groups is 1. The van der Waals surface area contributed by atoms with Crippen molar-refractivity contribution in [1.29, 1.82) is 0 Å². The fourth-order valence-corrected chi connectivity index (χ4v) is 2.39. The molecular formula is C12H19NO7. The predicted molar refractivity (Wildman–Crippen MR) is 64.6 cm³/mol. The molecule has 2 bridgehead atoms. The zero-order chi connectivity index (χ0) is 14.9. The Labute approximate surface area is 116 Å². The molecule has 2 saturated heterocycles. The van der Waals surface area contributed by atoms with Crippen molar-refractivity contribution in [2.75, 3.05) is 13.7 Å². The van der Waals surface area contributed by atoms with E-state index in [0.29, 0.717) is 0 Å². The molecule has 8 heteroatoms. The lowest BCUT2D eigenvalue weighted by atomic mass is 9.98. The zero-order valence-corrected chi connectivity index (χ0v) is 11.6. The molecule has 114 valence electrons. The van der Waals surface area contributed by atoms with Crippen LogP contribution >= 0.6 is 0 Å². The summed E-state index contributed by atoms with van der Waals surface area (Å²) in [6, 6.07) is -0.687. The van der Waals surface area contributed by atoms with Gasteiger partial charge in [-0.05, 0) is 6.92 Å². The van der Waals surface area contributed by atoms with E-state index in [-0.39, 0.29) is 12.5 Å². The number of nitrogens with one attached hydrogen (secondary N) is 1. The third-order valence-electron chi connectivity index (χ3n) is 3.36. The van der Waals surface area contributed by atoms with Gasteiger partial charge >= 0.3 is 5.97 Å². The van der Waals surface area contributed by atoms with Crippen LogP contribution in [0.2, 0.25) is 0 Å². The van der Waals surface area contributed by atoms with E-state index in [4.69, 9.17) is 14.2 Å². The molecule has 2 aliphatic heterocycles. The molecule has 6 atom stereocenters. The van der Waals surface area contributed by atoms with Crippen molar-refractivity contribution in [2.45, 2.75) is 50.6 Å². The second kappa shape index (κ2) is 6.04. The molecule has 0 saturated carbocycles. The Hall–Kier alpha value is -1.22. The van der Waals surface area contributed by atoms with Crippen molar-refractivity contribution in [3.8, 4) is 0 Å². The Balaban J connectivity index is 2.12. The molecule has 0 spiro atoms. The van der Waals surface area contributed by atoms with Gasteiger partial charge in [0.15, 0.2) is 12.4 Å². The third-order valence-corrected chi connectivity index (χ3v) is 3.36. The van der Waals surface area contributed by atoms with Gasteiger partial charge in [-0.3, -0.25) is 4.79 Å². The summed E-state index contributed by atoms with van der Waals surface area (Å²) in [6.45, 7) is 3.07. The predicted octanol–water partition coefficient (Wildman–Crippen LogP) is -1.45. The maximum atomic E-state index is 11.4. The Bertz CT molecular complexity index is 388. The highest BCUT2D eigenvalue weighted by molar-refractivity contribution is 5.74. The number of hydrogen-bond donors (Lipinski definition) is 2. The summed E-state index contributed by atoms with van der Waals surface area (Å²) < 4.78 is 20.9. The maximum Gasteiger partial charge on any atom is 0.334 e. The third kappa shape index (κ3) is 2.93. The molecule has 0 aliphatic carbocycles. The van der Waals surface area contributed by atoms with E-state index in [1.54, 1.807) is 0 Å². The van der Waals surface area contributed by atoms with Crippen LogP contribution in [0.1, 0.15) is 13.8 Å². The number of amides is 1. The lowest BCUT2D eigenvalue weighted by Gasteiger charge is -2.39. The molecule has 8 nitrogen and oxygen atoms in total. The summed E-state index contributed by atoms with van der Waals surface area (Å²) in [6.07, 6.45) is -3.90. The molecule has 2 aliphatic rings. The summed E-state index contributed by atoms with van der Waals surface area (Å²) >= 11 is 0. The van der Waals surface area contributed by atoms with Gasteiger partial charge in [-0.2, -0.15) is 0 Å². The number of aliphatic hydroxyl groups excluding tert-OH is 1. The average Bonchev–Trinajstić information content (AvgIpc) is 2.85. The first-order valence-electron chi connectivity index (χ1n) is 6.39. The number of carbonyl (C=O) groups is 2. The van der Waals surface area contributed by atoms with Crippen molar-refractivity contribution in [3.63, 3.8) is 0 Å². The van der Waals surface area contributed by atoms with E-state index in [0.717, 1.165) is 0 Å². The molecule has 0 aromatic heterocycles. The number of rotatable bonds is 4. The number of fused-ring (bicyclic) bond motifs is 2. The first-order chi connectivity index (χ1) is 9.43. The van der Waals surface area contributed by atoms with Crippen LogP contribution in [0.25, 0.3) is 0 Å². The van der Waals surface area contributed by atoms with Gasteiger partial charge in [0, 0.05) is 6.92 Å². The summed E-state index contributed by atoms with van der Waals surface area (Å²) in [4.78, 5) is 22.7. The van der Waals surface area contributed by atoms with Crippen molar-refractivity contribution < 1.29 is 33.6 Å². The Morgan fingerprint density at radius 1 is 1.45 bits per heavy atom. The minimum atomic E-state index is -1.00. The van der Waals surface area contributed by atoms with Crippen molar-refractivity contribution >= 4 is 11.9 Å². The molecule has 2 N–H and O–H groups in total. The molecule has 0 aromatic rings. The highest BCUT2D eigenvalue weighted by atomic mass is 16.7. The average molecular weight is 289 g/mol. The van der Waals surface area contributed by atoms with E-state index < -0.39 is 42.7 Å². The van der Waals surface area contributed by atoms with Gasteiger partial charge in [-0.15, -0.1) is 0 Å². The fraction of sp³-hybridized carbons (Fsp3) is 0.833. The Morgan fingerprint density at radius 3 is 2.75 bits per heavy atom. The van der Waals surface area contributed by atoms with Crippen molar-refractivity contribution in [1.82, 2.24) is 5.32 Å². The summed E-state index contributed by atoms with van der Waals surface area (Å²) in [5.41, 5.74) is 0. The number of methoxy groups -OCH3 is 1. The van der Waals surface area contributed by atoms with E-state index in [2.05, 4.69) is 10.1 Å². The minimum absolute atomic E-state index is 0.217. The second-order valence-corrected chi connectivity index (χ2v) is 4.86. The summed E-state index contributed by atoms with van der Waals surface area (Å²) in [7, 11) is 1.25. The van der Waals surface area contributed by atoms with Gasteiger partial charge in [-0.25, -0.2) is 4.79 Å². The van der Waals surface area contributed by atoms with Gasteiger partial charge in [0.1, 0.15) is 24.4 Å². The van der Waals surface area contributed by atoms with Crippen LogP contribution in [-0.4, -0.2) is 67.4 Å². The number of hydrogen-bond acceptors (Lipinski definition) is 7. The molecular weight excluding hydrogens is 270 g/mol. The molecule has 0 aromatic carbocycles. The first-order valence-corrected chi connectivity index (χ1v) is 6.39. The number of ether oxygens (including phenoxy) is 4. The van der Waals surface area contributed by atoms with E-state index in [1.807, 2.05) is 0 Å². The van der Waals surface area contributed by atoms with E-state index in [9.17, 15) is 14.7 Å². The summed E-state index contributed by atoms with van der Waals surface area (Å²) in [5.74, 6) is -0.863. The van der Waals surface area contributed by atoms with E-state index >= 15 is 0 Å². The fourth-order valence-electron chi connectivity index (χ4n) is 2.39. The maximum absolute atomic E-state index is 11.4. The van der Waals surface area contributed by atoms with Crippen LogP contribution < -0.4 is 5.32 Å². The van der Waals surface area contributed by atoms with Gasteiger partial charge in [0.2, 0.25) is 5.91 Å². The summed E-state index contributed by atoms with van der Waals surface area (Å²) in [5, 5.41) is 12.8. The molecule has 3 unspecified atom stereocenters. The first kappa shape index (κ1) is 15.2. The SMILES string of the molecule is COC(=O)[C@@H](C)OC1C(NC(C)=O)[C@@H]2OCC(O2)[C@H]1O. The zero-order valence-electron chi connectivity index (χ0n) is 11.6. The molecule has 2 fully saturated rings. The molecule has 0 radical (unpaired) electrons. The van der Waals surface area contributed by atoms with Gasteiger partial charge in [0.25, 0.3) is 0 Å². The molecule has 1 amide bonds. The number of esters is 1. The van der Waals surface area contributed by atoms with Gasteiger partial charge in [-0.1, -0.05) is 0 Å². The van der Waals surface area contributed by atoms with Gasteiger partial charge < -0.3 is 29.4 Å². The molecule has 2 rings (SSSR count). The van der Waals surface area contributed by atoms with Crippen LogP contribution in [0.5, 0.6) is 0 Å². The van der Waals surface area contributed by atoms with Gasteiger partial charge in [0.05, 0.1) is 13.7 Å². The highest BCUT2D eigenvalue weighted by Gasteiger charge is 2.52. The number of carbonyl (C=O) groups excluding carboxylic acids is 2. The lowest BCUT2D eigenvalue weighted by molar-refractivity contribution is -0.213. The Morgan fingerprint density at radius 2 is 2.15 bits per heavy atom. The van der Waals surface area contributed by atoms with Crippen LogP contribution in [-0.2, 0) is 28.5 Å². The standard InChI is InChI=1S/C12H19NO7/c1-5(11(16)17-3)19-10-8(13-6(2)14)12-18-4-7(20-12)9(10)15/h5,7-10,12,15H,4H2,1-3H3,(H,13,14)/t5-,7?,8?,9-,10?,12-/m1/s1. The minimum Gasteiger partial charge on any atom is -0.467 e. The molecule has 20 heavy (non-hydrogen) atoms. The highest BCUT2D eigenvalue weighted by Crippen LogP contribution is 2.30. The molecule has 2 heterocycles. The van der Waals surface area contributed by atoms with Crippen molar-refractivity contribution in [3.05, 3.63) is 0 Å².